The van der Waals surface area contributed by atoms with E-state index in [1.807, 2.05) is 49.1 Å². The van der Waals surface area contributed by atoms with Crippen LogP contribution in [0.1, 0.15) is 30.4 Å². The Hall–Kier alpha value is -3.29. The van der Waals surface area contributed by atoms with Crippen LogP contribution < -0.4 is 14.5 Å². The molecular formula is C25H32N4O4. The van der Waals surface area contributed by atoms with Crippen LogP contribution in [0, 0.1) is 24.0 Å². The Bertz CT molecular complexity index is 1010. The van der Waals surface area contributed by atoms with Gasteiger partial charge in [-0.15, -0.1) is 0 Å². The zero-order chi connectivity index (χ0) is 23.4. The summed E-state index contributed by atoms with van der Waals surface area (Å²) in [6, 6.07) is 11.2. The smallest absolute Gasteiger partial charge is 0.292 e. The Morgan fingerprint density at radius 2 is 1.70 bits per heavy atom. The van der Waals surface area contributed by atoms with Crippen molar-refractivity contribution in [2.45, 2.75) is 33.1 Å². The van der Waals surface area contributed by atoms with Crippen molar-refractivity contribution in [1.29, 1.82) is 0 Å². The van der Waals surface area contributed by atoms with Crippen LogP contribution in [0.2, 0.25) is 0 Å². The minimum absolute atomic E-state index is 0.0201. The molecule has 8 nitrogen and oxygen atoms in total. The van der Waals surface area contributed by atoms with Gasteiger partial charge in [0.1, 0.15) is 11.4 Å². The maximum Gasteiger partial charge on any atom is 0.292 e. The molecule has 2 aromatic carbocycles. The number of nitrogens with zero attached hydrogens (tertiary/aromatic N) is 4. The number of ether oxygens (including phenoxy) is 1. The van der Waals surface area contributed by atoms with Crippen LogP contribution in [-0.2, 0) is 4.79 Å². The third-order valence-corrected chi connectivity index (χ3v) is 6.76. The Labute approximate surface area is 194 Å². The molecule has 2 aromatic rings. The molecular weight excluding hydrogens is 420 g/mol. The second-order valence-electron chi connectivity index (χ2n) is 8.83. The number of nitro benzene ring substituents is 1. The van der Waals surface area contributed by atoms with Crippen molar-refractivity contribution in [2.24, 2.45) is 0 Å². The van der Waals surface area contributed by atoms with E-state index in [1.165, 1.54) is 6.42 Å². The monoisotopic (exact) mass is 452 g/mol. The maximum atomic E-state index is 12.7. The molecule has 0 aromatic heterocycles. The summed E-state index contributed by atoms with van der Waals surface area (Å²) in [5.74, 6) is 0.728. The molecule has 176 valence electrons. The van der Waals surface area contributed by atoms with Crippen molar-refractivity contribution in [1.82, 2.24) is 4.90 Å². The Morgan fingerprint density at radius 3 is 2.39 bits per heavy atom. The van der Waals surface area contributed by atoms with Gasteiger partial charge in [-0.2, -0.15) is 0 Å². The van der Waals surface area contributed by atoms with Crippen LogP contribution in [0.15, 0.2) is 36.4 Å². The van der Waals surface area contributed by atoms with Crippen molar-refractivity contribution >= 4 is 23.0 Å². The van der Waals surface area contributed by atoms with Crippen molar-refractivity contribution in [2.75, 3.05) is 55.7 Å². The molecule has 33 heavy (non-hydrogen) atoms. The first kappa shape index (κ1) is 22.9. The first-order valence-corrected chi connectivity index (χ1v) is 11.7. The van der Waals surface area contributed by atoms with Gasteiger partial charge in [-0.1, -0.05) is 12.1 Å². The van der Waals surface area contributed by atoms with Gasteiger partial charge < -0.3 is 19.4 Å². The zero-order valence-electron chi connectivity index (χ0n) is 19.5. The predicted octanol–water partition coefficient (Wildman–Crippen LogP) is 3.93. The van der Waals surface area contributed by atoms with Gasteiger partial charge >= 0.3 is 0 Å². The molecule has 0 N–H and O–H groups in total. The van der Waals surface area contributed by atoms with Crippen molar-refractivity contribution in [3.05, 3.63) is 57.6 Å². The lowest BCUT2D eigenvalue weighted by Crippen LogP contribution is -2.50. The molecule has 0 unspecified atom stereocenters. The lowest BCUT2D eigenvalue weighted by Gasteiger charge is -2.36. The zero-order valence-corrected chi connectivity index (χ0v) is 19.5. The fourth-order valence-electron chi connectivity index (χ4n) is 4.58. The van der Waals surface area contributed by atoms with Gasteiger partial charge in [0.2, 0.25) is 0 Å². The second-order valence-corrected chi connectivity index (χ2v) is 8.83. The molecule has 0 saturated carbocycles. The number of rotatable bonds is 6. The van der Waals surface area contributed by atoms with Crippen LogP contribution in [-0.4, -0.2) is 61.6 Å². The van der Waals surface area contributed by atoms with Crippen LogP contribution in [0.3, 0.4) is 0 Å². The fraction of sp³-hybridized carbons (Fsp3) is 0.480. The van der Waals surface area contributed by atoms with E-state index in [1.54, 1.807) is 6.07 Å². The topological polar surface area (TPSA) is 79.2 Å². The number of carbonyl (C=O) groups excluding carboxylic acids is 1. The third kappa shape index (κ3) is 5.21. The summed E-state index contributed by atoms with van der Waals surface area (Å²) in [7, 11) is 0. The molecule has 0 atom stereocenters. The number of hydrogen-bond donors (Lipinski definition) is 0. The Balaban J connectivity index is 1.37. The summed E-state index contributed by atoms with van der Waals surface area (Å²) in [6.07, 6.45) is 3.30. The van der Waals surface area contributed by atoms with Gasteiger partial charge in [-0.25, -0.2) is 0 Å². The van der Waals surface area contributed by atoms with Gasteiger partial charge in [0.05, 0.1) is 4.92 Å². The standard InChI is InChI=1S/C25H32N4O4/c1-19-7-6-8-24(20(19)2)33-18-25(30)28-15-13-26(14-16-28)21-9-10-22(29(31)32)23(17-21)27-11-4-3-5-12-27/h6-10,17H,3-5,11-16,18H2,1-2H3. The van der Waals surface area contributed by atoms with Crippen LogP contribution in [0.5, 0.6) is 5.75 Å². The maximum absolute atomic E-state index is 12.7. The number of piperazine rings is 1. The quantitative estimate of drug-likeness (QED) is 0.488. The number of amides is 1. The van der Waals surface area contributed by atoms with E-state index in [0.29, 0.717) is 31.9 Å². The summed E-state index contributed by atoms with van der Waals surface area (Å²) in [5, 5.41) is 11.6. The van der Waals surface area contributed by atoms with E-state index in [2.05, 4.69) is 9.80 Å². The van der Waals surface area contributed by atoms with E-state index in [0.717, 1.165) is 48.5 Å². The normalized spacial score (nSPS) is 16.6. The van der Waals surface area contributed by atoms with Gasteiger partial charge in [0.15, 0.2) is 6.61 Å². The average molecular weight is 453 g/mol. The molecule has 2 aliphatic heterocycles. The molecule has 2 aliphatic rings. The summed E-state index contributed by atoms with van der Waals surface area (Å²) in [5.41, 5.74) is 4.04. The minimum atomic E-state index is -0.291. The Morgan fingerprint density at radius 1 is 0.970 bits per heavy atom. The lowest BCUT2D eigenvalue weighted by atomic mass is 10.1. The van der Waals surface area contributed by atoms with E-state index in [4.69, 9.17) is 4.74 Å². The van der Waals surface area contributed by atoms with Gasteiger partial charge in [0, 0.05) is 51.0 Å². The molecule has 2 fully saturated rings. The fourth-order valence-corrected chi connectivity index (χ4v) is 4.58. The highest BCUT2D eigenvalue weighted by molar-refractivity contribution is 5.78. The van der Waals surface area contributed by atoms with E-state index in [9.17, 15) is 14.9 Å². The SMILES string of the molecule is Cc1cccc(OCC(=O)N2CCN(c3ccc([N+](=O)[O-])c(N4CCCCC4)c3)CC2)c1C. The molecule has 1 amide bonds. The van der Waals surface area contributed by atoms with Gasteiger partial charge in [-0.05, 0) is 62.4 Å². The van der Waals surface area contributed by atoms with Crippen LogP contribution in [0.25, 0.3) is 0 Å². The number of benzene rings is 2. The van der Waals surface area contributed by atoms with E-state index < -0.39 is 0 Å². The van der Waals surface area contributed by atoms with Crippen molar-refractivity contribution in [3.8, 4) is 5.75 Å². The minimum Gasteiger partial charge on any atom is -0.483 e. The largest absolute Gasteiger partial charge is 0.483 e. The molecule has 4 rings (SSSR count). The highest BCUT2D eigenvalue weighted by atomic mass is 16.6. The molecule has 2 saturated heterocycles. The summed E-state index contributed by atoms with van der Waals surface area (Å²) >= 11 is 0. The van der Waals surface area contributed by atoms with Crippen LogP contribution in [0.4, 0.5) is 17.1 Å². The van der Waals surface area contributed by atoms with E-state index >= 15 is 0 Å². The molecule has 0 bridgehead atoms. The highest BCUT2D eigenvalue weighted by Crippen LogP contribution is 2.34. The van der Waals surface area contributed by atoms with Crippen molar-refractivity contribution < 1.29 is 14.5 Å². The number of nitro groups is 1. The molecule has 0 aliphatic carbocycles. The summed E-state index contributed by atoms with van der Waals surface area (Å²) in [6.45, 7) is 8.34. The van der Waals surface area contributed by atoms with Gasteiger partial charge in [-0.3, -0.25) is 14.9 Å². The third-order valence-electron chi connectivity index (χ3n) is 6.76. The first-order chi connectivity index (χ1) is 15.9. The highest BCUT2D eigenvalue weighted by Gasteiger charge is 2.26. The molecule has 2 heterocycles. The number of carbonyl (C=O) groups is 1. The second kappa shape index (κ2) is 10.1. The summed E-state index contributed by atoms with van der Waals surface area (Å²) in [4.78, 5) is 30.2. The number of piperidine rings is 1. The summed E-state index contributed by atoms with van der Waals surface area (Å²) < 4.78 is 5.79. The van der Waals surface area contributed by atoms with Crippen LogP contribution >= 0.6 is 0 Å². The number of hydrogen-bond acceptors (Lipinski definition) is 6. The molecule has 0 spiro atoms. The first-order valence-electron chi connectivity index (χ1n) is 11.7. The lowest BCUT2D eigenvalue weighted by molar-refractivity contribution is -0.384. The Kier molecular flexibility index (Phi) is 7.01. The number of aryl methyl sites for hydroxylation is 1. The number of anilines is 2. The molecule has 0 radical (unpaired) electrons. The predicted molar refractivity (Wildman–Crippen MR) is 129 cm³/mol. The van der Waals surface area contributed by atoms with E-state index in [-0.39, 0.29) is 23.1 Å². The molecule has 8 heteroatoms. The van der Waals surface area contributed by atoms with Gasteiger partial charge in [0.25, 0.3) is 11.6 Å². The van der Waals surface area contributed by atoms with Crippen molar-refractivity contribution in [3.63, 3.8) is 0 Å². The average Bonchev–Trinajstić information content (AvgIpc) is 2.85.